The summed E-state index contributed by atoms with van der Waals surface area (Å²) >= 11 is 0. The predicted octanol–water partition coefficient (Wildman–Crippen LogP) is 3.72. The van der Waals surface area contributed by atoms with E-state index in [2.05, 4.69) is 20.8 Å². The van der Waals surface area contributed by atoms with Gasteiger partial charge in [0.1, 0.15) is 0 Å². The van der Waals surface area contributed by atoms with Gasteiger partial charge < -0.3 is 0 Å². The van der Waals surface area contributed by atoms with Crippen LogP contribution in [0.5, 0.6) is 0 Å². The Balaban J connectivity index is 0.00000112. The van der Waals surface area contributed by atoms with Gasteiger partial charge in [-0.3, -0.25) is 0 Å². The molecule has 0 heterocycles. The first-order valence-corrected chi connectivity index (χ1v) is 6.08. The molecule has 2 rings (SSSR count). The van der Waals surface area contributed by atoms with Crippen LogP contribution in [0.3, 0.4) is 0 Å². The summed E-state index contributed by atoms with van der Waals surface area (Å²) in [5.74, 6) is 0. The Labute approximate surface area is 109 Å². The molecule has 1 aromatic carbocycles. The molecule has 0 fully saturated rings. The molecule has 0 saturated carbocycles. The first-order chi connectivity index (χ1) is 6.79. The largest absolute Gasteiger partial charge is 0.193 e. The van der Waals surface area contributed by atoms with Gasteiger partial charge in [-0.05, 0) is 0 Å². The van der Waals surface area contributed by atoms with Crippen molar-refractivity contribution in [2.24, 2.45) is 0 Å². The van der Waals surface area contributed by atoms with Crippen LogP contribution in [0.15, 0.2) is 0 Å². The Morgan fingerprint density at radius 2 is 1.80 bits per heavy atom. The van der Waals surface area contributed by atoms with E-state index in [1.54, 1.807) is 27.8 Å². The van der Waals surface area contributed by atoms with Crippen molar-refractivity contribution in [3.8, 4) is 0 Å². The molecule has 0 amide bonds. The summed E-state index contributed by atoms with van der Waals surface area (Å²) in [5, 5.41) is 0. The molecule has 1 heteroatoms. The summed E-state index contributed by atoms with van der Waals surface area (Å²) in [7, 11) is 0. The minimum atomic E-state index is 0. The fourth-order valence-corrected chi connectivity index (χ4v) is 3.16. The number of hydrogen-bond acceptors (Lipinski definition) is 0. The third-order valence-corrected chi connectivity index (χ3v) is 3.81. The molecule has 15 heavy (non-hydrogen) atoms. The fourth-order valence-electron chi connectivity index (χ4n) is 3.16. The minimum Gasteiger partial charge on any atom is -0.193 e. The maximum Gasteiger partial charge on any atom is 0 e. The average Bonchev–Trinajstić information content (AvgIpc) is 2.49. The second-order valence-electron chi connectivity index (χ2n) is 4.45. The molecule has 0 aliphatic heterocycles. The molecule has 0 spiro atoms. The fraction of sp³-hybridized carbons (Fsp3) is 0.643. The second-order valence-corrected chi connectivity index (χ2v) is 4.45. The summed E-state index contributed by atoms with van der Waals surface area (Å²) in [6, 6.07) is 0. The smallest absolute Gasteiger partial charge is 0 e. The van der Waals surface area contributed by atoms with E-state index in [1.807, 2.05) is 0 Å². The number of fused-ring (bicyclic) bond motifs is 1. The molecular formula is C14H21Ti-. The van der Waals surface area contributed by atoms with Crippen LogP contribution < -0.4 is 0 Å². The van der Waals surface area contributed by atoms with Crippen LogP contribution in [0.2, 0.25) is 0 Å². The Morgan fingerprint density at radius 1 is 1.13 bits per heavy atom. The molecule has 0 saturated heterocycles. The van der Waals surface area contributed by atoms with Gasteiger partial charge in [0.2, 0.25) is 0 Å². The van der Waals surface area contributed by atoms with Crippen molar-refractivity contribution in [2.45, 2.75) is 59.3 Å². The maximum absolute atomic E-state index is 2.33. The molecule has 0 atom stereocenters. The van der Waals surface area contributed by atoms with Crippen molar-refractivity contribution in [3.63, 3.8) is 0 Å². The Bertz CT molecular complexity index is 302. The standard InChI is InChI=1S/C14H21.Ti/c1-4-11-10(3)12(5-2)14-9-7-6-8-13(11)14;/h4-9H2,1-3H3;/q-1;. The van der Waals surface area contributed by atoms with Gasteiger partial charge in [-0.1, -0.05) is 59.3 Å². The Kier molecular flexibility index (Phi) is 4.74. The van der Waals surface area contributed by atoms with Crippen LogP contribution in [0.4, 0.5) is 0 Å². The van der Waals surface area contributed by atoms with Crippen LogP contribution >= 0.6 is 0 Å². The van der Waals surface area contributed by atoms with Crippen molar-refractivity contribution >= 4 is 0 Å². The van der Waals surface area contributed by atoms with Gasteiger partial charge in [-0.15, -0.1) is 0 Å². The maximum atomic E-state index is 2.33. The van der Waals surface area contributed by atoms with Gasteiger partial charge in [0.25, 0.3) is 0 Å². The van der Waals surface area contributed by atoms with Gasteiger partial charge >= 0.3 is 0 Å². The molecule has 1 aliphatic carbocycles. The Morgan fingerprint density at radius 3 is 2.40 bits per heavy atom. The summed E-state index contributed by atoms with van der Waals surface area (Å²) in [6.45, 7) is 6.93. The van der Waals surface area contributed by atoms with E-state index in [0.29, 0.717) is 0 Å². The van der Waals surface area contributed by atoms with Crippen LogP contribution in [0.1, 0.15) is 54.5 Å². The third kappa shape index (κ3) is 2.12. The third-order valence-electron chi connectivity index (χ3n) is 3.81. The molecule has 82 valence electrons. The van der Waals surface area contributed by atoms with E-state index in [4.69, 9.17) is 0 Å². The van der Waals surface area contributed by atoms with Crippen molar-refractivity contribution in [2.75, 3.05) is 0 Å². The van der Waals surface area contributed by atoms with Gasteiger partial charge in [0.15, 0.2) is 0 Å². The van der Waals surface area contributed by atoms with E-state index < -0.39 is 0 Å². The van der Waals surface area contributed by atoms with E-state index in [1.165, 1.54) is 38.5 Å². The SMILES string of the molecule is CCc1c2c([c-](CC)c1C)CCCC2.[Ti]. The van der Waals surface area contributed by atoms with E-state index in [-0.39, 0.29) is 21.7 Å². The minimum absolute atomic E-state index is 0. The molecule has 0 radical (unpaired) electrons. The molecular weight excluding hydrogens is 216 g/mol. The van der Waals surface area contributed by atoms with Crippen molar-refractivity contribution in [3.05, 3.63) is 27.8 Å². The summed E-state index contributed by atoms with van der Waals surface area (Å²) < 4.78 is 0. The van der Waals surface area contributed by atoms with Gasteiger partial charge in [0, 0.05) is 21.7 Å². The Hall–Kier alpha value is 0.0643. The number of rotatable bonds is 2. The van der Waals surface area contributed by atoms with Gasteiger partial charge in [-0.25, -0.2) is 0 Å². The first kappa shape index (κ1) is 13.1. The monoisotopic (exact) mass is 237 g/mol. The molecule has 0 N–H and O–H groups in total. The van der Waals surface area contributed by atoms with Crippen LogP contribution in [-0.4, -0.2) is 0 Å². The molecule has 0 aromatic heterocycles. The zero-order chi connectivity index (χ0) is 10.1. The van der Waals surface area contributed by atoms with E-state index in [0.717, 1.165) is 0 Å². The van der Waals surface area contributed by atoms with Crippen LogP contribution in [-0.2, 0) is 47.4 Å². The summed E-state index contributed by atoms with van der Waals surface area (Å²) in [4.78, 5) is 0. The van der Waals surface area contributed by atoms with Crippen LogP contribution in [0.25, 0.3) is 0 Å². The molecule has 0 bridgehead atoms. The topological polar surface area (TPSA) is 0 Å². The zero-order valence-electron chi connectivity index (χ0n) is 10.2. The molecule has 1 aromatic rings. The molecule has 1 aliphatic rings. The van der Waals surface area contributed by atoms with Gasteiger partial charge in [-0.2, -0.15) is 27.8 Å². The number of hydrogen-bond donors (Lipinski definition) is 0. The quantitative estimate of drug-likeness (QED) is 0.543. The predicted molar refractivity (Wildman–Crippen MR) is 62.2 cm³/mol. The zero-order valence-corrected chi connectivity index (χ0v) is 11.8. The molecule has 0 nitrogen and oxygen atoms in total. The normalized spacial score (nSPS) is 14.6. The van der Waals surface area contributed by atoms with Crippen molar-refractivity contribution in [1.29, 1.82) is 0 Å². The molecule has 0 unspecified atom stereocenters. The average molecular weight is 237 g/mol. The van der Waals surface area contributed by atoms with Gasteiger partial charge in [0.05, 0.1) is 0 Å². The summed E-state index contributed by atoms with van der Waals surface area (Å²) in [6.07, 6.45) is 7.97. The van der Waals surface area contributed by atoms with Crippen LogP contribution in [0, 0.1) is 6.92 Å². The van der Waals surface area contributed by atoms with E-state index >= 15 is 0 Å². The summed E-state index contributed by atoms with van der Waals surface area (Å²) in [5.41, 5.74) is 8.43. The van der Waals surface area contributed by atoms with E-state index in [9.17, 15) is 0 Å². The first-order valence-electron chi connectivity index (χ1n) is 6.08. The van der Waals surface area contributed by atoms with Crippen molar-refractivity contribution in [1.82, 2.24) is 0 Å². The van der Waals surface area contributed by atoms with Crippen molar-refractivity contribution < 1.29 is 21.7 Å². The second kappa shape index (κ2) is 5.41.